The first-order valence-electron chi connectivity index (χ1n) is 6.74. The van der Waals surface area contributed by atoms with Gasteiger partial charge in [-0.1, -0.05) is 32.9 Å². The highest BCUT2D eigenvalue weighted by molar-refractivity contribution is 5.34. The molecule has 106 valence electrons. The number of nitrogens with one attached hydrogen (secondary N) is 1. The maximum atomic E-state index is 5.75. The van der Waals surface area contributed by atoms with E-state index in [0.29, 0.717) is 12.4 Å². The van der Waals surface area contributed by atoms with Gasteiger partial charge < -0.3 is 10.1 Å². The van der Waals surface area contributed by atoms with Crippen molar-refractivity contribution in [1.29, 1.82) is 0 Å². The highest BCUT2D eigenvalue weighted by Gasteiger charge is 2.14. The van der Waals surface area contributed by atoms with Crippen molar-refractivity contribution < 1.29 is 4.74 Å². The van der Waals surface area contributed by atoms with Gasteiger partial charge in [0.25, 0.3) is 0 Å². The van der Waals surface area contributed by atoms with E-state index in [1.165, 1.54) is 5.56 Å². The molecule has 1 heterocycles. The van der Waals surface area contributed by atoms with E-state index in [9.17, 15) is 0 Å². The third-order valence-electron chi connectivity index (χ3n) is 2.98. The summed E-state index contributed by atoms with van der Waals surface area (Å²) in [6.07, 6.45) is 0. The molecule has 20 heavy (non-hydrogen) atoms. The van der Waals surface area contributed by atoms with E-state index in [2.05, 4.69) is 42.4 Å². The zero-order chi connectivity index (χ0) is 14.6. The highest BCUT2D eigenvalue weighted by atomic mass is 16.5. The van der Waals surface area contributed by atoms with Crippen LogP contribution in [0.15, 0.2) is 36.4 Å². The van der Waals surface area contributed by atoms with Crippen molar-refractivity contribution in [2.45, 2.75) is 32.7 Å². The van der Waals surface area contributed by atoms with E-state index in [4.69, 9.17) is 4.74 Å². The summed E-state index contributed by atoms with van der Waals surface area (Å²) in [6, 6.07) is 11.8. The molecule has 0 bridgehead atoms. The Balaban J connectivity index is 2.13. The number of rotatable bonds is 4. The molecule has 1 N–H and O–H groups in total. The van der Waals surface area contributed by atoms with Gasteiger partial charge in [-0.25, -0.2) is 0 Å². The fraction of sp³-hybridized carbons (Fsp3) is 0.375. The third-order valence-corrected chi connectivity index (χ3v) is 2.98. The summed E-state index contributed by atoms with van der Waals surface area (Å²) >= 11 is 0. The second-order valence-electron chi connectivity index (χ2n) is 5.77. The number of ether oxygens (including phenoxy) is 1. The fourth-order valence-electron chi connectivity index (χ4n) is 1.82. The first-order chi connectivity index (χ1) is 9.49. The molecule has 0 unspecified atom stereocenters. The first-order valence-corrected chi connectivity index (χ1v) is 6.74. The quantitative estimate of drug-likeness (QED) is 0.927. The van der Waals surface area contributed by atoms with Gasteiger partial charge >= 0.3 is 0 Å². The Hall–Kier alpha value is -1.94. The van der Waals surface area contributed by atoms with Crippen molar-refractivity contribution in [3.8, 4) is 11.6 Å². The van der Waals surface area contributed by atoms with E-state index in [0.717, 1.165) is 11.4 Å². The van der Waals surface area contributed by atoms with Crippen molar-refractivity contribution in [2.24, 2.45) is 0 Å². The second kappa shape index (κ2) is 6.01. The van der Waals surface area contributed by atoms with Crippen molar-refractivity contribution >= 4 is 0 Å². The summed E-state index contributed by atoms with van der Waals surface area (Å²) in [5, 5.41) is 11.2. The predicted molar refractivity (Wildman–Crippen MR) is 80.0 cm³/mol. The summed E-state index contributed by atoms with van der Waals surface area (Å²) in [7, 11) is 1.88. The largest absolute Gasteiger partial charge is 0.438 e. The van der Waals surface area contributed by atoms with Crippen molar-refractivity contribution in [3.63, 3.8) is 0 Å². The Bertz CT molecular complexity index is 559. The molecular weight excluding hydrogens is 250 g/mol. The number of nitrogens with zero attached hydrogens (tertiary/aromatic N) is 2. The standard InChI is InChI=1S/C16H21N3O/c1-16(2,3)12-6-5-7-14(10-12)20-15-9-8-13(11-17-4)18-19-15/h5-10,17H,11H2,1-4H3. The van der Waals surface area contributed by atoms with Crippen LogP contribution < -0.4 is 10.1 Å². The summed E-state index contributed by atoms with van der Waals surface area (Å²) in [5.41, 5.74) is 2.22. The van der Waals surface area contributed by atoms with Crippen molar-refractivity contribution in [3.05, 3.63) is 47.7 Å². The zero-order valence-corrected chi connectivity index (χ0v) is 12.5. The molecule has 4 heteroatoms. The third kappa shape index (κ3) is 3.78. The summed E-state index contributed by atoms with van der Waals surface area (Å²) in [4.78, 5) is 0. The molecule has 2 rings (SSSR count). The van der Waals surface area contributed by atoms with Crippen LogP contribution in [0.2, 0.25) is 0 Å². The minimum absolute atomic E-state index is 0.0989. The number of hydrogen-bond acceptors (Lipinski definition) is 4. The van der Waals surface area contributed by atoms with Gasteiger partial charge in [0.2, 0.25) is 5.88 Å². The Labute approximate surface area is 120 Å². The zero-order valence-electron chi connectivity index (χ0n) is 12.5. The molecule has 2 aromatic rings. The summed E-state index contributed by atoms with van der Waals surface area (Å²) in [6.45, 7) is 7.24. The van der Waals surface area contributed by atoms with Gasteiger partial charge in [-0.2, -0.15) is 5.10 Å². The summed E-state index contributed by atoms with van der Waals surface area (Å²) < 4.78 is 5.75. The van der Waals surface area contributed by atoms with Gasteiger partial charge in [-0.3, -0.25) is 0 Å². The lowest BCUT2D eigenvalue weighted by atomic mass is 9.87. The number of hydrogen-bond donors (Lipinski definition) is 1. The van der Waals surface area contributed by atoms with Gasteiger partial charge in [0, 0.05) is 12.6 Å². The van der Waals surface area contributed by atoms with E-state index in [-0.39, 0.29) is 5.41 Å². The predicted octanol–water partition coefficient (Wildman–Crippen LogP) is 3.29. The lowest BCUT2D eigenvalue weighted by Crippen LogP contribution is -2.10. The van der Waals surface area contributed by atoms with Crippen molar-refractivity contribution in [1.82, 2.24) is 15.5 Å². The number of benzene rings is 1. The Morgan fingerprint density at radius 1 is 1.10 bits per heavy atom. The molecule has 0 aliphatic rings. The molecular formula is C16H21N3O. The molecule has 1 aromatic carbocycles. The smallest absolute Gasteiger partial charge is 0.238 e. The molecule has 0 radical (unpaired) electrons. The number of aromatic nitrogens is 2. The van der Waals surface area contributed by atoms with Gasteiger partial charge in [0.15, 0.2) is 0 Å². The van der Waals surface area contributed by atoms with E-state index < -0.39 is 0 Å². The van der Waals surface area contributed by atoms with Crippen LogP contribution in [0.5, 0.6) is 11.6 Å². The van der Waals surface area contributed by atoms with Crippen LogP contribution in [-0.4, -0.2) is 17.2 Å². The molecule has 0 spiro atoms. The SMILES string of the molecule is CNCc1ccc(Oc2cccc(C(C)(C)C)c2)nn1. The van der Waals surface area contributed by atoms with Crippen LogP contribution in [0.25, 0.3) is 0 Å². The van der Waals surface area contributed by atoms with Gasteiger partial charge in [0.05, 0.1) is 5.69 Å². The lowest BCUT2D eigenvalue weighted by molar-refractivity contribution is 0.450. The maximum Gasteiger partial charge on any atom is 0.238 e. The van der Waals surface area contributed by atoms with Crippen LogP contribution in [0, 0.1) is 0 Å². The normalized spacial score (nSPS) is 11.4. The monoisotopic (exact) mass is 271 g/mol. The van der Waals surface area contributed by atoms with Crippen LogP contribution in [0.1, 0.15) is 32.0 Å². The molecule has 0 saturated heterocycles. The minimum atomic E-state index is 0.0989. The van der Waals surface area contributed by atoms with E-state index in [1.54, 1.807) is 0 Å². The van der Waals surface area contributed by atoms with E-state index >= 15 is 0 Å². The van der Waals surface area contributed by atoms with Crippen LogP contribution >= 0.6 is 0 Å². The second-order valence-corrected chi connectivity index (χ2v) is 5.77. The van der Waals surface area contributed by atoms with Crippen LogP contribution in [0.3, 0.4) is 0 Å². The van der Waals surface area contributed by atoms with Gasteiger partial charge in [-0.15, -0.1) is 5.10 Å². The lowest BCUT2D eigenvalue weighted by Gasteiger charge is -2.19. The van der Waals surface area contributed by atoms with Gasteiger partial charge in [0.1, 0.15) is 5.75 Å². The molecule has 0 aliphatic heterocycles. The van der Waals surface area contributed by atoms with Crippen LogP contribution in [-0.2, 0) is 12.0 Å². The average Bonchev–Trinajstić information content (AvgIpc) is 2.41. The minimum Gasteiger partial charge on any atom is -0.438 e. The fourth-order valence-corrected chi connectivity index (χ4v) is 1.82. The molecule has 0 saturated carbocycles. The molecule has 0 amide bonds. The summed E-state index contributed by atoms with van der Waals surface area (Å²) in [5.74, 6) is 1.30. The van der Waals surface area contributed by atoms with Crippen LogP contribution in [0.4, 0.5) is 0 Å². The van der Waals surface area contributed by atoms with E-state index in [1.807, 2.05) is 37.4 Å². The Morgan fingerprint density at radius 2 is 1.90 bits per heavy atom. The first kappa shape index (κ1) is 14.5. The maximum absolute atomic E-state index is 5.75. The average molecular weight is 271 g/mol. The molecule has 0 aliphatic carbocycles. The molecule has 0 fully saturated rings. The molecule has 1 aromatic heterocycles. The Morgan fingerprint density at radius 3 is 2.50 bits per heavy atom. The topological polar surface area (TPSA) is 47.0 Å². The molecule has 0 atom stereocenters. The van der Waals surface area contributed by atoms with Gasteiger partial charge in [-0.05, 0) is 36.2 Å². The van der Waals surface area contributed by atoms with Crippen molar-refractivity contribution in [2.75, 3.05) is 7.05 Å². The highest BCUT2D eigenvalue weighted by Crippen LogP contribution is 2.27. The molecule has 4 nitrogen and oxygen atoms in total. The Kier molecular flexibility index (Phi) is 4.35.